The van der Waals surface area contributed by atoms with E-state index in [9.17, 15) is 35.9 Å². The molecule has 0 radical (unpaired) electrons. The Hall–Kier alpha value is -5.64. The second-order valence-corrected chi connectivity index (χ2v) is 14.5. The Labute approximate surface area is 330 Å². The zero-order valence-electron chi connectivity index (χ0n) is 31.4. The van der Waals surface area contributed by atoms with E-state index in [2.05, 4.69) is 25.1 Å². The zero-order chi connectivity index (χ0) is 41.3. The van der Waals surface area contributed by atoms with Gasteiger partial charge in [0.1, 0.15) is 12.1 Å². The largest absolute Gasteiger partial charge is 0.573 e. The van der Waals surface area contributed by atoms with Crippen molar-refractivity contribution in [3.05, 3.63) is 126 Å². The number of carbonyl (C=O) groups is 2. The van der Waals surface area contributed by atoms with E-state index in [0.717, 1.165) is 33.4 Å². The van der Waals surface area contributed by atoms with Crippen molar-refractivity contribution in [3.63, 3.8) is 0 Å². The Morgan fingerprint density at radius 2 is 1.58 bits per heavy atom. The van der Waals surface area contributed by atoms with Crippen molar-refractivity contribution in [3.8, 4) is 22.8 Å². The van der Waals surface area contributed by atoms with Crippen LogP contribution in [0, 0.1) is 6.92 Å². The van der Waals surface area contributed by atoms with Gasteiger partial charge in [-0.3, -0.25) is 9.69 Å². The highest BCUT2D eigenvalue weighted by Crippen LogP contribution is 2.34. The van der Waals surface area contributed by atoms with Gasteiger partial charge in [0.15, 0.2) is 11.0 Å². The van der Waals surface area contributed by atoms with Gasteiger partial charge in [-0.2, -0.15) is 18.2 Å². The van der Waals surface area contributed by atoms with Crippen LogP contribution in [0.2, 0.25) is 0 Å². The van der Waals surface area contributed by atoms with Crippen LogP contribution < -0.4 is 15.0 Å². The van der Waals surface area contributed by atoms with Crippen molar-refractivity contribution in [1.29, 1.82) is 0 Å². The number of alkyl halides is 6. The number of nitrogens with one attached hydrogen (secondary N) is 1. The molecule has 1 heterocycles. The second-order valence-electron chi connectivity index (χ2n) is 13.5. The van der Waals surface area contributed by atoms with Crippen LogP contribution in [0.4, 0.5) is 36.8 Å². The first kappa shape index (κ1) is 42.5. The summed E-state index contributed by atoms with van der Waals surface area (Å²) in [4.78, 5) is 37.1. The molecule has 9 nitrogen and oxygen atoms in total. The number of benzene rings is 4. The molecule has 1 N–H and O–H groups in total. The van der Waals surface area contributed by atoms with Gasteiger partial charge in [-0.15, -0.1) is 18.3 Å². The molecule has 0 aliphatic carbocycles. The fourth-order valence-electron chi connectivity index (χ4n) is 5.75. The van der Waals surface area contributed by atoms with Gasteiger partial charge in [0, 0.05) is 23.8 Å². The third-order valence-corrected chi connectivity index (χ3v) is 9.48. The van der Waals surface area contributed by atoms with Crippen molar-refractivity contribution in [2.75, 3.05) is 4.90 Å². The Morgan fingerprint density at radius 1 is 0.895 bits per heavy atom. The van der Waals surface area contributed by atoms with Crippen LogP contribution in [0.25, 0.3) is 17.1 Å². The quantitative estimate of drug-likeness (QED) is 0.0765. The van der Waals surface area contributed by atoms with Crippen LogP contribution in [-0.4, -0.2) is 50.5 Å². The number of aryl methyl sites for hydroxylation is 1. The van der Waals surface area contributed by atoms with Gasteiger partial charge in [-0.1, -0.05) is 92.3 Å². The van der Waals surface area contributed by atoms with Crippen LogP contribution in [0.5, 0.6) is 5.75 Å². The molecule has 5 aromatic rings. The van der Waals surface area contributed by atoms with Gasteiger partial charge in [0.25, 0.3) is 0 Å². The molecule has 1 atom stereocenters. The van der Waals surface area contributed by atoms with Gasteiger partial charge in [-0.25, -0.2) is 14.5 Å². The van der Waals surface area contributed by atoms with Gasteiger partial charge < -0.3 is 10.1 Å². The average Bonchev–Trinajstić information content (AvgIpc) is 3.63. The molecule has 16 heteroatoms. The predicted octanol–water partition coefficient (Wildman–Crippen LogP) is 10.6. The van der Waals surface area contributed by atoms with E-state index in [0.29, 0.717) is 34.7 Å². The van der Waals surface area contributed by atoms with E-state index >= 15 is 0 Å². The topological polar surface area (TPSA) is 102 Å². The molecule has 0 aliphatic heterocycles. The van der Waals surface area contributed by atoms with Crippen LogP contribution in [0.1, 0.15) is 61.8 Å². The maximum absolute atomic E-state index is 13.8. The number of aromatic nitrogens is 3. The molecule has 300 valence electrons. The first-order valence-corrected chi connectivity index (χ1v) is 18.9. The summed E-state index contributed by atoms with van der Waals surface area (Å²) in [6, 6.07) is 25.9. The SMILES string of the molecule is Cc1ccc(C(C)C)c(N(C(=O)CCC(F)(F)F)/C(=N/C(=O)NC(C)Cc2ccc(-c3ncn(-c4ccc(OC(F)(F)F)cc4)n3)cc2)SCc2ccccc2)c1. The number of ether oxygens (including phenoxy) is 1. The molecule has 0 spiro atoms. The molecule has 57 heavy (non-hydrogen) atoms. The Balaban J connectivity index is 1.34. The third-order valence-electron chi connectivity index (χ3n) is 8.47. The summed E-state index contributed by atoms with van der Waals surface area (Å²) in [7, 11) is 0. The second kappa shape index (κ2) is 18.5. The van der Waals surface area contributed by atoms with Gasteiger partial charge in [-0.05, 0) is 78.8 Å². The molecule has 0 fully saturated rings. The van der Waals surface area contributed by atoms with E-state index in [-0.39, 0.29) is 22.6 Å². The van der Waals surface area contributed by atoms with Crippen molar-refractivity contribution in [2.45, 2.75) is 77.2 Å². The Bertz CT molecular complexity index is 2160. The van der Waals surface area contributed by atoms with Crippen molar-refractivity contribution in [2.24, 2.45) is 4.99 Å². The lowest BCUT2D eigenvalue weighted by atomic mass is 9.98. The number of thioether (sulfide) groups is 1. The number of rotatable bonds is 12. The minimum atomic E-state index is -4.80. The number of carbonyl (C=O) groups excluding carboxylic acids is 2. The van der Waals surface area contributed by atoms with Crippen LogP contribution in [0.3, 0.4) is 0 Å². The summed E-state index contributed by atoms with van der Waals surface area (Å²) < 4.78 is 83.0. The highest BCUT2D eigenvalue weighted by molar-refractivity contribution is 8.13. The number of hydrogen-bond donors (Lipinski definition) is 1. The summed E-state index contributed by atoms with van der Waals surface area (Å²) in [6.07, 6.45) is -9.73. The molecule has 4 aromatic carbocycles. The van der Waals surface area contributed by atoms with E-state index in [1.807, 2.05) is 75.4 Å². The van der Waals surface area contributed by atoms with Crippen LogP contribution >= 0.6 is 11.8 Å². The number of nitrogens with zero attached hydrogens (tertiary/aromatic N) is 5. The van der Waals surface area contributed by atoms with Gasteiger partial charge >= 0.3 is 18.6 Å². The van der Waals surface area contributed by atoms with Crippen molar-refractivity contribution in [1.82, 2.24) is 20.1 Å². The number of amidine groups is 1. The Morgan fingerprint density at radius 3 is 2.21 bits per heavy atom. The zero-order valence-corrected chi connectivity index (χ0v) is 32.3. The van der Waals surface area contributed by atoms with Crippen LogP contribution in [-0.2, 0) is 17.0 Å². The van der Waals surface area contributed by atoms with Crippen molar-refractivity contribution < 1.29 is 40.7 Å². The highest BCUT2D eigenvalue weighted by Gasteiger charge is 2.33. The summed E-state index contributed by atoms with van der Waals surface area (Å²) in [5.74, 6) is -0.643. The first-order valence-electron chi connectivity index (χ1n) is 17.9. The minimum Gasteiger partial charge on any atom is -0.406 e. The maximum atomic E-state index is 13.8. The average molecular weight is 811 g/mol. The van der Waals surface area contributed by atoms with Gasteiger partial charge in [0.05, 0.1) is 17.8 Å². The number of amides is 3. The first-order chi connectivity index (χ1) is 26.9. The molecule has 1 aromatic heterocycles. The number of anilines is 1. The normalized spacial score (nSPS) is 12.7. The number of urea groups is 1. The van der Waals surface area contributed by atoms with Crippen molar-refractivity contribution >= 4 is 34.6 Å². The lowest BCUT2D eigenvalue weighted by Crippen LogP contribution is -2.39. The summed E-state index contributed by atoms with van der Waals surface area (Å²) in [5.41, 5.74) is 4.70. The Kier molecular flexibility index (Phi) is 13.8. The summed E-state index contributed by atoms with van der Waals surface area (Å²) >= 11 is 1.08. The molecule has 3 amide bonds. The molecule has 0 saturated carbocycles. The molecule has 0 bridgehead atoms. The highest BCUT2D eigenvalue weighted by atomic mass is 32.2. The van der Waals surface area contributed by atoms with Crippen LogP contribution in [0.15, 0.2) is 108 Å². The lowest BCUT2D eigenvalue weighted by molar-refractivity contribution is -0.274. The smallest absolute Gasteiger partial charge is 0.406 e. The molecular weight excluding hydrogens is 771 g/mol. The summed E-state index contributed by atoms with van der Waals surface area (Å²) in [5, 5.41) is 7.21. The summed E-state index contributed by atoms with van der Waals surface area (Å²) in [6.45, 7) is 7.41. The minimum absolute atomic E-state index is 0.0508. The fraction of sp³-hybridized carbons (Fsp3) is 0.293. The van der Waals surface area contributed by atoms with E-state index < -0.39 is 43.4 Å². The standard InChI is InChI=1S/C41H40F6N6O3S/c1-26(2)34-19-10-27(3)22-35(34)53(36(54)20-21-40(42,43)44)39(57-24-30-8-6-5-7-9-30)50-38(55)49-28(4)23-29-11-13-31(14-12-29)37-48-25-52(51-37)32-15-17-33(18-16-32)56-41(45,46)47/h5-19,22,25-26,28H,20-21,23-24H2,1-4H3,(H,49,55)/b50-39-. The fourth-order valence-corrected chi connectivity index (χ4v) is 6.72. The van der Waals surface area contributed by atoms with Gasteiger partial charge in [0.2, 0.25) is 5.91 Å². The predicted molar refractivity (Wildman–Crippen MR) is 208 cm³/mol. The number of hydrogen-bond acceptors (Lipinski definition) is 6. The van der Waals surface area contributed by atoms with E-state index in [1.54, 1.807) is 25.1 Å². The van der Waals surface area contributed by atoms with E-state index in [4.69, 9.17) is 0 Å². The monoisotopic (exact) mass is 810 g/mol. The molecule has 1 unspecified atom stereocenters. The number of halogens is 6. The molecular formula is C41H40F6N6O3S. The molecule has 0 aliphatic rings. The van der Waals surface area contributed by atoms with E-state index in [1.165, 1.54) is 35.3 Å². The molecule has 5 rings (SSSR count). The third kappa shape index (κ3) is 12.7. The molecule has 0 saturated heterocycles. The number of aliphatic imine (C=N–C) groups is 1. The maximum Gasteiger partial charge on any atom is 0.573 e. The lowest BCUT2D eigenvalue weighted by Gasteiger charge is -2.28.